The standard InChI is InChI=1S/C13H25NO3/c1-3-8-14-12(13(15)16-2)10-17-9-11-6-4-5-7-11/h11-12,14H,3-10H2,1-2H3. The molecule has 0 aliphatic heterocycles. The van der Waals surface area contributed by atoms with Crippen LogP contribution in [0.1, 0.15) is 39.0 Å². The van der Waals surface area contributed by atoms with Crippen LogP contribution in [0, 0.1) is 5.92 Å². The average molecular weight is 243 g/mol. The molecule has 0 bridgehead atoms. The van der Waals surface area contributed by atoms with Crippen molar-refractivity contribution in [3.05, 3.63) is 0 Å². The summed E-state index contributed by atoms with van der Waals surface area (Å²) in [4.78, 5) is 11.5. The molecule has 4 nitrogen and oxygen atoms in total. The molecular formula is C13H25NO3. The minimum absolute atomic E-state index is 0.232. The second-order valence-electron chi connectivity index (χ2n) is 4.72. The molecule has 0 radical (unpaired) electrons. The van der Waals surface area contributed by atoms with E-state index >= 15 is 0 Å². The van der Waals surface area contributed by atoms with E-state index in [1.807, 2.05) is 0 Å². The smallest absolute Gasteiger partial charge is 0.325 e. The predicted molar refractivity (Wildman–Crippen MR) is 66.9 cm³/mol. The summed E-state index contributed by atoms with van der Waals surface area (Å²) in [6, 6.07) is -0.318. The van der Waals surface area contributed by atoms with Gasteiger partial charge in [-0.2, -0.15) is 0 Å². The molecule has 0 heterocycles. The zero-order valence-electron chi connectivity index (χ0n) is 11.0. The first kappa shape index (κ1) is 14.5. The van der Waals surface area contributed by atoms with Gasteiger partial charge in [0, 0.05) is 6.61 Å². The molecule has 4 heteroatoms. The summed E-state index contributed by atoms with van der Waals surface area (Å²) in [5.41, 5.74) is 0. The Hall–Kier alpha value is -0.610. The van der Waals surface area contributed by atoms with Gasteiger partial charge in [-0.25, -0.2) is 0 Å². The molecule has 1 fully saturated rings. The van der Waals surface area contributed by atoms with E-state index < -0.39 is 0 Å². The summed E-state index contributed by atoms with van der Waals surface area (Å²) in [6.07, 6.45) is 6.18. The maximum Gasteiger partial charge on any atom is 0.325 e. The third kappa shape index (κ3) is 5.50. The van der Waals surface area contributed by atoms with E-state index in [1.165, 1.54) is 32.8 Å². The topological polar surface area (TPSA) is 47.6 Å². The number of carbonyl (C=O) groups excluding carboxylic acids is 1. The first-order valence-corrected chi connectivity index (χ1v) is 6.66. The minimum atomic E-state index is -0.318. The Kier molecular flexibility index (Phi) is 7.21. The van der Waals surface area contributed by atoms with Crippen LogP contribution in [0.15, 0.2) is 0 Å². The molecule has 0 amide bonds. The number of hydrogen-bond acceptors (Lipinski definition) is 4. The van der Waals surface area contributed by atoms with E-state index in [9.17, 15) is 4.79 Å². The number of nitrogens with one attached hydrogen (secondary N) is 1. The van der Waals surface area contributed by atoms with Crippen molar-refractivity contribution in [2.24, 2.45) is 5.92 Å². The van der Waals surface area contributed by atoms with Crippen LogP contribution in [0.25, 0.3) is 0 Å². The Morgan fingerprint density at radius 2 is 2.12 bits per heavy atom. The van der Waals surface area contributed by atoms with Crippen LogP contribution in [-0.2, 0) is 14.3 Å². The normalized spacial score (nSPS) is 18.2. The molecule has 1 aliphatic carbocycles. The van der Waals surface area contributed by atoms with Gasteiger partial charge in [-0.05, 0) is 31.7 Å². The van der Waals surface area contributed by atoms with Crippen LogP contribution in [0.5, 0.6) is 0 Å². The lowest BCUT2D eigenvalue weighted by atomic mass is 10.1. The lowest BCUT2D eigenvalue weighted by molar-refractivity contribution is -0.145. The van der Waals surface area contributed by atoms with Crippen LogP contribution in [0.4, 0.5) is 0 Å². The van der Waals surface area contributed by atoms with Crippen LogP contribution in [0.2, 0.25) is 0 Å². The molecule has 1 rings (SSSR count). The van der Waals surface area contributed by atoms with Gasteiger partial charge in [0.2, 0.25) is 0 Å². The molecule has 0 aromatic rings. The van der Waals surface area contributed by atoms with Gasteiger partial charge in [0.25, 0.3) is 0 Å². The third-order valence-corrected chi connectivity index (χ3v) is 3.24. The second-order valence-corrected chi connectivity index (χ2v) is 4.72. The number of esters is 1. The van der Waals surface area contributed by atoms with Gasteiger partial charge in [0.05, 0.1) is 13.7 Å². The van der Waals surface area contributed by atoms with E-state index in [4.69, 9.17) is 9.47 Å². The summed E-state index contributed by atoms with van der Waals surface area (Å²) in [6.45, 7) is 4.08. The van der Waals surface area contributed by atoms with E-state index in [1.54, 1.807) is 0 Å². The number of ether oxygens (including phenoxy) is 2. The molecule has 0 aromatic heterocycles. The van der Waals surface area contributed by atoms with Gasteiger partial charge in [0.1, 0.15) is 6.04 Å². The third-order valence-electron chi connectivity index (χ3n) is 3.24. The van der Waals surface area contributed by atoms with Gasteiger partial charge in [-0.15, -0.1) is 0 Å². The molecule has 100 valence electrons. The van der Waals surface area contributed by atoms with Crippen LogP contribution in [-0.4, -0.2) is 38.9 Å². The summed E-state index contributed by atoms with van der Waals surface area (Å²) in [5, 5.41) is 3.15. The Balaban J connectivity index is 2.19. The van der Waals surface area contributed by atoms with Crippen LogP contribution >= 0.6 is 0 Å². The molecule has 1 N–H and O–H groups in total. The van der Waals surface area contributed by atoms with E-state index in [2.05, 4.69) is 12.2 Å². The van der Waals surface area contributed by atoms with Gasteiger partial charge in [-0.1, -0.05) is 19.8 Å². The van der Waals surface area contributed by atoms with E-state index in [-0.39, 0.29) is 12.0 Å². The Bertz CT molecular complexity index is 215. The molecule has 1 saturated carbocycles. The number of carbonyl (C=O) groups is 1. The van der Waals surface area contributed by atoms with Crippen molar-refractivity contribution < 1.29 is 14.3 Å². The van der Waals surface area contributed by atoms with Crippen molar-refractivity contribution in [2.45, 2.75) is 45.1 Å². The molecule has 0 spiro atoms. The molecule has 17 heavy (non-hydrogen) atoms. The van der Waals surface area contributed by atoms with E-state index in [0.717, 1.165) is 19.6 Å². The van der Waals surface area contributed by atoms with Crippen molar-refractivity contribution in [1.29, 1.82) is 0 Å². The van der Waals surface area contributed by atoms with Crippen molar-refractivity contribution in [3.63, 3.8) is 0 Å². The van der Waals surface area contributed by atoms with Crippen LogP contribution in [0.3, 0.4) is 0 Å². The lowest BCUT2D eigenvalue weighted by Crippen LogP contribution is -2.42. The van der Waals surface area contributed by atoms with Crippen LogP contribution < -0.4 is 5.32 Å². The Morgan fingerprint density at radius 1 is 1.41 bits per heavy atom. The lowest BCUT2D eigenvalue weighted by Gasteiger charge is -2.17. The molecule has 1 atom stereocenters. The highest BCUT2D eigenvalue weighted by atomic mass is 16.5. The highest BCUT2D eigenvalue weighted by Gasteiger charge is 2.20. The van der Waals surface area contributed by atoms with Crippen molar-refractivity contribution in [2.75, 3.05) is 26.9 Å². The Labute approximate surface area is 104 Å². The van der Waals surface area contributed by atoms with Crippen molar-refractivity contribution in [1.82, 2.24) is 5.32 Å². The molecule has 1 aliphatic rings. The second kappa shape index (κ2) is 8.48. The zero-order valence-corrected chi connectivity index (χ0v) is 11.0. The Morgan fingerprint density at radius 3 is 2.71 bits per heavy atom. The largest absolute Gasteiger partial charge is 0.468 e. The summed E-state index contributed by atoms with van der Waals surface area (Å²) in [5.74, 6) is 0.462. The first-order valence-electron chi connectivity index (χ1n) is 6.66. The maximum absolute atomic E-state index is 11.5. The van der Waals surface area contributed by atoms with Crippen molar-refractivity contribution >= 4 is 5.97 Å². The monoisotopic (exact) mass is 243 g/mol. The fourth-order valence-electron chi connectivity index (χ4n) is 2.20. The quantitative estimate of drug-likeness (QED) is 0.660. The predicted octanol–water partition coefficient (Wildman–Crippen LogP) is 1.73. The molecular weight excluding hydrogens is 218 g/mol. The SMILES string of the molecule is CCCNC(COCC1CCCC1)C(=O)OC. The molecule has 0 aromatic carbocycles. The fraction of sp³-hybridized carbons (Fsp3) is 0.923. The first-order chi connectivity index (χ1) is 8.27. The number of rotatable bonds is 8. The van der Waals surface area contributed by atoms with E-state index in [0.29, 0.717) is 12.5 Å². The molecule has 0 saturated heterocycles. The number of methoxy groups -OCH3 is 1. The summed E-state index contributed by atoms with van der Waals surface area (Å²) >= 11 is 0. The fourth-order valence-corrected chi connectivity index (χ4v) is 2.20. The van der Waals surface area contributed by atoms with Gasteiger partial charge in [0.15, 0.2) is 0 Å². The highest BCUT2D eigenvalue weighted by Crippen LogP contribution is 2.24. The number of hydrogen-bond donors (Lipinski definition) is 1. The minimum Gasteiger partial charge on any atom is -0.468 e. The summed E-state index contributed by atoms with van der Waals surface area (Å²) < 4.78 is 10.4. The zero-order chi connectivity index (χ0) is 12.5. The van der Waals surface area contributed by atoms with Gasteiger partial charge in [-0.3, -0.25) is 4.79 Å². The molecule has 1 unspecified atom stereocenters. The van der Waals surface area contributed by atoms with Crippen molar-refractivity contribution in [3.8, 4) is 0 Å². The highest BCUT2D eigenvalue weighted by molar-refractivity contribution is 5.75. The summed E-state index contributed by atoms with van der Waals surface area (Å²) in [7, 11) is 1.42. The maximum atomic E-state index is 11.5. The van der Waals surface area contributed by atoms with Gasteiger partial charge >= 0.3 is 5.97 Å². The average Bonchev–Trinajstić information content (AvgIpc) is 2.85. The van der Waals surface area contributed by atoms with Gasteiger partial charge < -0.3 is 14.8 Å².